The Labute approximate surface area is 120 Å². The summed E-state index contributed by atoms with van der Waals surface area (Å²) in [4.78, 5) is 16.1. The topological polar surface area (TPSA) is 58.8 Å². The Morgan fingerprint density at radius 2 is 2.10 bits per heavy atom. The van der Waals surface area contributed by atoms with Crippen LogP contribution in [-0.2, 0) is 4.74 Å². The van der Waals surface area contributed by atoms with Crippen LogP contribution in [0.15, 0.2) is 18.2 Å². The molecular formula is C15H23N3O2. The first-order valence-corrected chi connectivity index (χ1v) is 7.03. The number of likely N-dealkylation sites (tertiary alicyclic amines) is 1. The average Bonchev–Trinajstić information content (AvgIpc) is 2.97. The fraction of sp³-hybridized carbons (Fsp3) is 0.533. The maximum Gasteiger partial charge on any atom is 0.337 e. The fourth-order valence-corrected chi connectivity index (χ4v) is 2.54. The van der Waals surface area contributed by atoms with Crippen molar-refractivity contribution >= 4 is 17.3 Å². The molecule has 0 atom stereocenters. The summed E-state index contributed by atoms with van der Waals surface area (Å²) in [7, 11) is 3.39. The number of carbonyl (C=O) groups excluding carboxylic acids is 1. The van der Waals surface area contributed by atoms with Crippen LogP contribution in [0.25, 0.3) is 0 Å². The van der Waals surface area contributed by atoms with Crippen molar-refractivity contribution in [1.82, 2.24) is 4.90 Å². The van der Waals surface area contributed by atoms with Crippen LogP contribution in [0.5, 0.6) is 0 Å². The number of nitrogens with zero attached hydrogens (tertiary/aromatic N) is 2. The number of benzene rings is 1. The van der Waals surface area contributed by atoms with E-state index >= 15 is 0 Å². The summed E-state index contributed by atoms with van der Waals surface area (Å²) in [6.07, 6.45) is 2.59. The van der Waals surface area contributed by atoms with Gasteiger partial charge in [-0.2, -0.15) is 0 Å². The number of hydrogen-bond acceptors (Lipinski definition) is 5. The Kier molecular flexibility index (Phi) is 4.84. The molecule has 5 heteroatoms. The van der Waals surface area contributed by atoms with E-state index in [0.29, 0.717) is 11.3 Å². The highest BCUT2D eigenvalue weighted by molar-refractivity contribution is 5.92. The Hall–Kier alpha value is -1.75. The number of nitrogen functional groups attached to an aromatic ring is 1. The normalized spacial score (nSPS) is 15.3. The van der Waals surface area contributed by atoms with E-state index in [-0.39, 0.29) is 5.97 Å². The molecule has 1 aliphatic rings. The summed E-state index contributed by atoms with van der Waals surface area (Å²) < 4.78 is 4.75. The third-order valence-electron chi connectivity index (χ3n) is 3.81. The molecule has 0 amide bonds. The Balaban J connectivity index is 2.03. The molecule has 1 aromatic carbocycles. The number of methoxy groups -OCH3 is 1. The van der Waals surface area contributed by atoms with E-state index in [1.807, 2.05) is 7.05 Å². The fourth-order valence-electron chi connectivity index (χ4n) is 2.54. The van der Waals surface area contributed by atoms with Gasteiger partial charge in [-0.25, -0.2) is 4.79 Å². The number of rotatable bonds is 5. The van der Waals surface area contributed by atoms with Gasteiger partial charge in [-0.15, -0.1) is 0 Å². The van der Waals surface area contributed by atoms with Crippen LogP contribution < -0.4 is 10.6 Å². The zero-order valence-electron chi connectivity index (χ0n) is 12.3. The molecule has 20 heavy (non-hydrogen) atoms. The molecule has 0 spiro atoms. The molecule has 2 rings (SSSR count). The average molecular weight is 277 g/mol. The lowest BCUT2D eigenvalue weighted by Crippen LogP contribution is -2.31. The Morgan fingerprint density at radius 1 is 1.40 bits per heavy atom. The molecule has 0 unspecified atom stereocenters. The molecule has 1 saturated heterocycles. The number of anilines is 2. The summed E-state index contributed by atoms with van der Waals surface area (Å²) in [6, 6.07) is 5.25. The molecule has 2 N–H and O–H groups in total. The van der Waals surface area contributed by atoms with Crippen LogP contribution in [0.3, 0.4) is 0 Å². The summed E-state index contributed by atoms with van der Waals surface area (Å²) in [5.74, 6) is -0.334. The molecule has 0 saturated carbocycles. The van der Waals surface area contributed by atoms with Crippen molar-refractivity contribution in [3.05, 3.63) is 23.8 Å². The third kappa shape index (κ3) is 3.42. The first kappa shape index (κ1) is 14.7. The van der Waals surface area contributed by atoms with Crippen molar-refractivity contribution in [2.75, 3.05) is 51.0 Å². The van der Waals surface area contributed by atoms with Gasteiger partial charge in [-0.05, 0) is 44.1 Å². The second kappa shape index (κ2) is 6.61. The van der Waals surface area contributed by atoms with Gasteiger partial charge in [0, 0.05) is 20.1 Å². The number of likely N-dealkylation sites (N-methyl/N-ethyl adjacent to an activating group) is 1. The third-order valence-corrected chi connectivity index (χ3v) is 3.81. The van der Waals surface area contributed by atoms with Crippen LogP contribution in [0.2, 0.25) is 0 Å². The monoisotopic (exact) mass is 277 g/mol. The van der Waals surface area contributed by atoms with E-state index in [0.717, 1.165) is 18.8 Å². The maximum atomic E-state index is 11.6. The molecule has 1 aromatic rings. The summed E-state index contributed by atoms with van der Waals surface area (Å²) in [5.41, 5.74) is 8.10. The smallest absolute Gasteiger partial charge is 0.337 e. The standard InChI is InChI=1S/C15H23N3O2/c1-17(9-10-18-7-3-4-8-18)14-11-12(15(19)20-2)5-6-13(14)16/h5-6,11H,3-4,7-10,16H2,1-2H3. The zero-order chi connectivity index (χ0) is 14.5. The van der Waals surface area contributed by atoms with Crippen LogP contribution in [0.1, 0.15) is 23.2 Å². The van der Waals surface area contributed by atoms with Crippen molar-refractivity contribution in [3.63, 3.8) is 0 Å². The lowest BCUT2D eigenvalue weighted by atomic mass is 10.1. The van der Waals surface area contributed by atoms with E-state index in [2.05, 4.69) is 9.80 Å². The molecule has 1 heterocycles. The molecule has 0 radical (unpaired) electrons. The van der Waals surface area contributed by atoms with E-state index < -0.39 is 0 Å². The van der Waals surface area contributed by atoms with E-state index in [9.17, 15) is 4.79 Å². The number of esters is 1. The minimum absolute atomic E-state index is 0.334. The molecule has 0 aromatic heterocycles. The van der Waals surface area contributed by atoms with Gasteiger partial charge < -0.3 is 20.3 Å². The molecular weight excluding hydrogens is 254 g/mol. The number of nitrogens with two attached hydrogens (primary N) is 1. The van der Waals surface area contributed by atoms with Crippen molar-refractivity contribution < 1.29 is 9.53 Å². The lowest BCUT2D eigenvalue weighted by Gasteiger charge is -2.24. The minimum atomic E-state index is -0.334. The SMILES string of the molecule is COC(=O)c1ccc(N)c(N(C)CCN2CCCC2)c1. The van der Waals surface area contributed by atoms with E-state index in [1.54, 1.807) is 18.2 Å². The molecule has 0 bridgehead atoms. The van der Waals surface area contributed by atoms with Crippen LogP contribution >= 0.6 is 0 Å². The van der Waals surface area contributed by atoms with Gasteiger partial charge in [0.15, 0.2) is 0 Å². The highest BCUT2D eigenvalue weighted by Crippen LogP contribution is 2.24. The van der Waals surface area contributed by atoms with Gasteiger partial charge in [0.25, 0.3) is 0 Å². The molecule has 5 nitrogen and oxygen atoms in total. The quantitative estimate of drug-likeness (QED) is 0.654. The highest BCUT2D eigenvalue weighted by atomic mass is 16.5. The largest absolute Gasteiger partial charge is 0.465 e. The highest BCUT2D eigenvalue weighted by Gasteiger charge is 2.14. The van der Waals surface area contributed by atoms with Gasteiger partial charge in [0.2, 0.25) is 0 Å². The summed E-state index contributed by atoms with van der Waals surface area (Å²) in [6.45, 7) is 4.30. The minimum Gasteiger partial charge on any atom is -0.465 e. The first-order chi connectivity index (χ1) is 9.61. The lowest BCUT2D eigenvalue weighted by molar-refractivity contribution is 0.0601. The van der Waals surface area contributed by atoms with Gasteiger partial charge in [0.05, 0.1) is 24.0 Å². The van der Waals surface area contributed by atoms with Crippen molar-refractivity contribution in [2.45, 2.75) is 12.8 Å². The van der Waals surface area contributed by atoms with Crippen LogP contribution in [-0.4, -0.2) is 51.2 Å². The van der Waals surface area contributed by atoms with Crippen LogP contribution in [0.4, 0.5) is 11.4 Å². The summed E-state index contributed by atoms with van der Waals surface area (Å²) >= 11 is 0. The number of ether oxygens (including phenoxy) is 1. The van der Waals surface area contributed by atoms with Crippen molar-refractivity contribution in [2.24, 2.45) is 0 Å². The summed E-state index contributed by atoms with van der Waals surface area (Å²) in [5, 5.41) is 0. The molecule has 1 aliphatic heterocycles. The van der Waals surface area contributed by atoms with Crippen LogP contribution in [0, 0.1) is 0 Å². The Bertz CT molecular complexity index is 470. The van der Waals surface area contributed by atoms with Gasteiger partial charge >= 0.3 is 5.97 Å². The molecule has 0 aliphatic carbocycles. The second-order valence-corrected chi connectivity index (χ2v) is 5.24. The number of carbonyl (C=O) groups is 1. The second-order valence-electron chi connectivity index (χ2n) is 5.24. The Morgan fingerprint density at radius 3 is 2.75 bits per heavy atom. The van der Waals surface area contributed by atoms with Crippen molar-refractivity contribution in [1.29, 1.82) is 0 Å². The molecule has 110 valence electrons. The predicted octanol–water partition coefficient (Wildman–Crippen LogP) is 1.59. The van der Waals surface area contributed by atoms with Gasteiger partial charge in [-0.3, -0.25) is 0 Å². The molecule has 1 fully saturated rings. The maximum absolute atomic E-state index is 11.6. The van der Waals surface area contributed by atoms with Gasteiger partial charge in [0.1, 0.15) is 0 Å². The zero-order valence-corrected chi connectivity index (χ0v) is 12.3. The van der Waals surface area contributed by atoms with Gasteiger partial charge in [-0.1, -0.05) is 0 Å². The number of hydrogen-bond donors (Lipinski definition) is 1. The van der Waals surface area contributed by atoms with E-state index in [4.69, 9.17) is 10.5 Å². The first-order valence-electron chi connectivity index (χ1n) is 7.03. The van der Waals surface area contributed by atoms with E-state index in [1.165, 1.54) is 33.0 Å². The van der Waals surface area contributed by atoms with Crippen molar-refractivity contribution in [3.8, 4) is 0 Å². The predicted molar refractivity (Wildman–Crippen MR) is 81.1 cm³/mol.